The lowest BCUT2D eigenvalue weighted by Gasteiger charge is -2.49. The van der Waals surface area contributed by atoms with E-state index < -0.39 is 6.23 Å². The van der Waals surface area contributed by atoms with Gasteiger partial charge in [-0.15, -0.1) is 0 Å². The van der Waals surface area contributed by atoms with Gasteiger partial charge in [-0.1, -0.05) is 64.5 Å². The zero-order valence-electron chi connectivity index (χ0n) is 15.6. The van der Waals surface area contributed by atoms with Crippen LogP contribution in [0, 0.1) is 0 Å². The fourth-order valence-electron chi connectivity index (χ4n) is 3.82. The first-order valence-electron chi connectivity index (χ1n) is 9.30. The molecule has 4 atom stereocenters. The predicted octanol–water partition coefficient (Wildman–Crippen LogP) is 3.47. The van der Waals surface area contributed by atoms with E-state index in [1.807, 2.05) is 54.6 Å². The van der Waals surface area contributed by atoms with Gasteiger partial charge in [0.15, 0.2) is 6.23 Å². The Kier molecular flexibility index (Phi) is 5.96. The van der Waals surface area contributed by atoms with E-state index in [9.17, 15) is 4.79 Å². The molecule has 1 amide bonds. The van der Waals surface area contributed by atoms with E-state index in [0.29, 0.717) is 13.1 Å². The van der Waals surface area contributed by atoms with Crippen LogP contribution in [0.15, 0.2) is 59.1 Å². The van der Waals surface area contributed by atoms with Gasteiger partial charge in [0.1, 0.15) is 12.7 Å². The number of nitrogens with zero attached hydrogens (tertiary/aromatic N) is 1. The van der Waals surface area contributed by atoms with Gasteiger partial charge in [-0.05, 0) is 17.2 Å². The molecule has 0 aliphatic carbocycles. The molecule has 0 aromatic heterocycles. The van der Waals surface area contributed by atoms with Gasteiger partial charge in [-0.2, -0.15) is 0 Å². The van der Waals surface area contributed by atoms with Crippen LogP contribution in [-0.4, -0.2) is 49.6 Å². The van der Waals surface area contributed by atoms with E-state index in [-0.39, 0.29) is 30.9 Å². The third-order valence-corrected chi connectivity index (χ3v) is 5.88. The van der Waals surface area contributed by atoms with Gasteiger partial charge in [0.2, 0.25) is 0 Å². The number of rotatable bonds is 4. The molecule has 2 aliphatic heterocycles. The van der Waals surface area contributed by atoms with Crippen molar-refractivity contribution in [1.29, 1.82) is 0 Å². The van der Waals surface area contributed by atoms with E-state index in [1.54, 1.807) is 12.0 Å². The van der Waals surface area contributed by atoms with Gasteiger partial charge in [0, 0.05) is 18.1 Å². The highest BCUT2D eigenvalue weighted by Crippen LogP contribution is 2.35. The quantitative estimate of drug-likeness (QED) is 0.778. The van der Waals surface area contributed by atoms with Gasteiger partial charge in [-0.25, -0.2) is 4.79 Å². The summed E-state index contributed by atoms with van der Waals surface area (Å²) >= 11 is 3.62. The van der Waals surface area contributed by atoms with Gasteiger partial charge >= 0.3 is 6.09 Å². The Labute approximate surface area is 172 Å². The Bertz CT molecular complexity index is 819. The third-order valence-electron chi connectivity index (χ3n) is 5.15. The number of hydrogen-bond donors (Lipinski definition) is 1. The molecule has 2 fully saturated rings. The number of nitrogens with one attached hydrogen (secondary N) is 1. The molecular weight excluding hydrogens is 424 g/mol. The Morgan fingerprint density at radius 3 is 2.71 bits per heavy atom. The van der Waals surface area contributed by atoms with E-state index in [0.717, 1.165) is 15.6 Å². The van der Waals surface area contributed by atoms with Crippen molar-refractivity contribution < 1.29 is 19.0 Å². The summed E-state index contributed by atoms with van der Waals surface area (Å²) in [4.78, 5) is 14.5. The maximum atomic E-state index is 12.8. The highest BCUT2D eigenvalue weighted by molar-refractivity contribution is 9.10. The van der Waals surface area contributed by atoms with Crippen LogP contribution in [-0.2, 0) is 20.8 Å². The Morgan fingerprint density at radius 2 is 1.96 bits per heavy atom. The number of fused-ring (bicyclic) bond motifs is 2. The molecule has 2 unspecified atom stereocenters. The molecule has 2 aliphatic rings. The summed E-state index contributed by atoms with van der Waals surface area (Å²) in [6, 6.07) is 17.6. The van der Waals surface area contributed by atoms with Crippen LogP contribution in [0.3, 0.4) is 0 Å². The van der Waals surface area contributed by atoms with Crippen LogP contribution in [0.2, 0.25) is 0 Å². The monoisotopic (exact) mass is 446 g/mol. The molecule has 2 heterocycles. The Morgan fingerprint density at radius 1 is 1.21 bits per heavy atom. The second-order valence-electron chi connectivity index (χ2n) is 6.95. The number of hydrogen-bond acceptors (Lipinski definition) is 5. The molecule has 7 heteroatoms. The minimum atomic E-state index is -0.538. The number of morpholine rings is 2. The number of amides is 1. The molecule has 2 aromatic rings. The zero-order chi connectivity index (χ0) is 19.5. The molecule has 4 rings (SSSR count). The van der Waals surface area contributed by atoms with Crippen LogP contribution in [0.1, 0.15) is 17.2 Å². The van der Waals surface area contributed by atoms with Crippen LogP contribution in [0.25, 0.3) is 0 Å². The van der Waals surface area contributed by atoms with Crippen LogP contribution in [0.4, 0.5) is 4.79 Å². The van der Waals surface area contributed by atoms with Crippen LogP contribution < -0.4 is 5.32 Å². The van der Waals surface area contributed by atoms with Crippen molar-refractivity contribution in [3.63, 3.8) is 0 Å². The summed E-state index contributed by atoms with van der Waals surface area (Å²) in [6.45, 7) is 1.31. The fourth-order valence-corrected chi connectivity index (χ4v) is 4.35. The van der Waals surface area contributed by atoms with E-state index in [1.165, 1.54) is 0 Å². The lowest BCUT2D eigenvalue weighted by molar-refractivity contribution is -0.214. The number of carbonyl (C=O) groups is 1. The molecule has 0 spiro atoms. The second kappa shape index (κ2) is 8.61. The first kappa shape index (κ1) is 19.4. The van der Waals surface area contributed by atoms with Crippen molar-refractivity contribution in [3.8, 4) is 0 Å². The molecule has 28 heavy (non-hydrogen) atoms. The summed E-state index contributed by atoms with van der Waals surface area (Å²) < 4.78 is 18.5. The minimum Gasteiger partial charge on any atom is -0.444 e. The maximum absolute atomic E-state index is 12.8. The van der Waals surface area contributed by atoms with Crippen molar-refractivity contribution in [2.45, 2.75) is 31.1 Å². The van der Waals surface area contributed by atoms with Crippen molar-refractivity contribution in [2.75, 3.05) is 20.2 Å². The summed E-state index contributed by atoms with van der Waals surface area (Å²) in [7, 11) is 1.59. The van der Waals surface area contributed by atoms with Crippen molar-refractivity contribution >= 4 is 22.0 Å². The third kappa shape index (κ3) is 3.93. The Balaban J connectivity index is 1.51. The van der Waals surface area contributed by atoms with Crippen LogP contribution >= 0.6 is 15.9 Å². The van der Waals surface area contributed by atoms with E-state index >= 15 is 0 Å². The average molecular weight is 447 g/mol. The molecule has 0 radical (unpaired) electrons. The lowest BCUT2D eigenvalue weighted by Crippen LogP contribution is -2.66. The van der Waals surface area contributed by atoms with Gasteiger partial charge in [0.25, 0.3) is 0 Å². The van der Waals surface area contributed by atoms with Crippen LogP contribution in [0.5, 0.6) is 0 Å². The standard InChI is InChI=1S/C21H23BrN2O4/c1-26-20-19-18(16-9-5-6-10-17(16)22)23-11-15(28-19)12-24(20)21(25)27-13-14-7-3-2-4-8-14/h2-10,15,18-20,23H,11-13H2,1H3/t15?,18-,19?,20-/m1/s1. The average Bonchev–Trinajstić information content (AvgIpc) is 2.73. The normalized spacial score (nSPS) is 26.7. The largest absolute Gasteiger partial charge is 0.444 e. The fraction of sp³-hybridized carbons (Fsp3) is 0.381. The lowest BCUT2D eigenvalue weighted by atomic mass is 9.95. The summed E-state index contributed by atoms with van der Waals surface area (Å²) in [5.41, 5.74) is 2.03. The minimum absolute atomic E-state index is 0.0958. The molecule has 2 saturated heterocycles. The van der Waals surface area contributed by atoms with Crippen molar-refractivity contribution in [3.05, 3.63) is 70.2 Å². The predicted molar refractivity (Wildman–Crippen MR) is 108 cm³/mol. The molecule has 2 aromatic carbocycles. The smallest absolute Gasteiger partial charge is 0.412 e. The molecule has 2 bridgehead atoms. The highest BCUT2D eigenvalue weighted by Gasteiger charge is 2.47. The number of carbonyl (C=O) groups excluding carboxylic acids is 1. The van der Waals surface area contributed by atoms with Crippen molar-refractivity contribution in [1.82, 2.24) is 10.2 Å². The summed E-state index contributed by atoms with van der Waals surface area (Å²) in [6.07, 6.45) is -1.36. The summed E-state index contributed by atoms with van der Waals surface area (Å²) in [5.74, 6) is 0. The van der Waals surface area contributed by atoms with E-state index in [2.05, 4.69) is 21.2 Å². The number of benzene rings is 2. The first-order chi connectivity index (χ1) is 13.7. The number of ether oxygens (including phenoxy) is 3. The SMILES string of the molecule is CO[C@@H]1C2OC(CN[C@@H]2c2ccccc2Br)CN1C(=O)OCc1ccccc1. The molecular formula is C21H23BrN2O4. The topological polar surface area (TPSA) is 60.0 Å². The van der Waals surface area contributed by atoms with Gasteiger partial charge in [0.05, 0.1) is 18.7 Å². The van der Waals surface area contributed by atoms with Gasteiger partial charge < -0.3 is 19.5 Å². The summed E-state index contributed by atoms with van der Waals surface area (Å²) in [5, 5.41) is 3.55. The second-order valence-corrected chi connectivity index (χ2v) is 7.80. The molecule has 0 saturated carbocycles. The van der Waals surface area contributed by atoms with E-state index in [4.69, 9.17) is 14.2 Å². The molecule has 6 nitrogen and oxygen atoms in total. The first-order valence-corrected chi connectivity index (χ1v) is 10.1. The highest BCUT2D eigenvalue weighted by atomic mass is 79.9. The molecule has 1 N–H and O–H groups in total. The maximum Gasteiger partial charge on any atom is 0.412 e. The van der Waals surface area contributed by atoms with Crippen molar-refractivity contribution in [2.24, 2.45) is 0 Å². The number of methoxy groups -OCH3 is 1. The number of halogens is 1. The molecule has 148 valence electrons. The zero-order valence-corrected chi connectivity index (χ0v) is 17.2. The Hall–Kier alpha value is -1.93. The van der Waals surface area contributed by atoms with Gasteiger partial charge in [-0.3, -0.25) is 4.90 Å².